The Morgan fingerprint density at radius 2 is 1.18 bits per heavy atom. The molecule has 0 saturated carbocycles. The van der Waals surface area contributed by atoms with Gasteiger partial charge in [0.2, 0.25) is 0 Å². The Morgan fingerprint density at radius 1 is 0.824 bits per heavy atom. The molecule has 0 bridgehead atoms. The second-order valence-corrected chi connectivity index (χ2v) is 17.2. The van der Waals surface area contributed by atoms with Crippen molar-refractivity contribution >= 4 is 47.6 Å². The molecule has 0 amide bonds. The van der Waals surface area contributed by atoms with Gasteiger partial charge in [0.15, 0.2) is 0 Å². The smallest absolute Gasteiger partial charge is 1.00 e. The van der Waals surface area contributed by atoms with Gasteiger partial charge in [-0.15, -0.1) is 0 Å². The second kappa shape index (κ2) is 6.23. The second-order valence-electron chi connectivity index (χ2n) is 6.34. The van der Waals surface area contributed by atoms with Crippen molar-refractivity contribution in [2.45, 2.75) is 39.3 Å². The van der Waals surface area contributed by atoms with Crippen molar-refractivity contribution < 1.29 is 17.0 Å². The number of hydrogen-bond acceptors (Lipinski definition) is 1. The van der Waals surface area contributed by atoms with Gasteiger partial charge in [-0.05, 0) is 0 Å². The SMILES string of the molecule is C[Si](C)(C)N(c1cc[c]([Mg+])cc1)[Si](C)(C)C.[Br-]. The third kappa shape index (κ3) is 5.06. The summed E-state index contributed by atoms with van der Waals surface area (Å²) in [7, 11) is -2.57. The minimum Gasteiger partial charge on any atom is -1.00 e. The molecule has 5 heteroatoms. The fraction of sp³-hybridized carbons (Fsp3) is 0.500. The van der Waals surface area contributed by atoms with Gasteiger partial charge in [0.25, 0.3) is 0 Å². The Kier molecular flexibility index (Phi) is 6.49. The molecule has 0 fully saturated rings. The molecule has 0 saturated heterocycles. The summed E-state index contributed by atoms with van der Waals surface area (Å²) in [6, 6.07) is 9.06. The molecule has 0 aliphatic carbocycles. The van der Waals surface area contributed by atoms with Crippen LogP contribution in [0.25, 0.3) is 0 Å². The fourth-order valence-electron chi connectivity index (χ4n) is 2.43. The van der Waals surface area contributed by atoms with Crippen molar-refractivity contribution in [1.82, 2.24) is 0 Å². The molecular formula is C12H22BrMgNSi2. The van der Waals surface area contributed by atoms with Gasteiger partial charge in [0, 0.05) is 0 Å². The van der Waals surface area contributed by atoms with E-state index in [1.807, 2.05) is 21.7 Å². The minimum absolute atomic E-state index is 0. The molecule has 1 aromatic rings. The number of halogens is 1. The molecule has 0 radical (unpaired) electrons. The largest absolute Gasteiger partial charge is 1.00 e. The first-order chi connectivity index (χ1) is 7.12. The van der Waals surface area contributed by atoms with Gasteiger partial charge in [-0.3, -0.25) is 0 Å². The molecule has 1 rings (SSSR count). The van der Waals surface area contributed by atoms with Crippen LogP contribution in [0.4, 0.5) is 5.69 Å². The van der Waals surface area contributed by atoms with Crippen molar-refractivity contribution in [2.24, 2.45) is 0 Å². The maximum absolute atomic E-state index is 2.75. The molecule has 1 aromatic carbocycles. The molecule has 0 aromatic heterocycles. The van der Waals surface area contributed by atoms with Crippen LogP contribution in [0.3, 0.4) is 0 Å². The molecule has 0 heterocycles. The normalized spacial score (nSPS) is 12.0. The zero-order chi connectivity index (χ0) is 12.6. The van der Waals surface area contributed by atoms with Crippen molar-refractivity contribution in [1.29, 1.82) is 0 Å². The minimum atomic E-state index is -1.28. The molecule has 0 unspecified atom stereocenters. The average molecular weight is 341 g/mol. The van der Waals surface area contributed by atoms with Crippen LogP contribution in [-0.4, -0.2) is 38.2 Å². The van der Waals surface area contributed by atoms with E-state index in [1.165, 1.54) is 9.38 Å². The zero-order valence-electron chi connectivity index (χ0n) is 11.8. The van der Waals surface area contributed by atoms with Crippen LogP contribution in [-0.2, 0) is 0 Å². The van der Waals surface area contributed by atoms with E-state index in [2.05, 4.69) is 67.8 Å². The van der Waals surface area contributed by atoms with Crippen LogP contribution in [0.15, 0.2) is 24.3 Å². The Labute approximate surface area is 131 Å². The Balaban J connectivity index is 0.00000256. The maximum atomic E-state index is 2.75. The van der Waals surface area contributed by atoms with Crippen LogP contribution >= 0.6 is 0 Å². The molecule has 0 N–H and O–H groups in total. The Bertz CT molecular complexity index is 340. The maximum Gasteiger partial charge on any atom is -1.00 e. The van der Waals surface area contributed by atoms with E-state index in [0.29, 0.717) is 0 Å². The summed E-state index contributed by atoms with van der Waals surface area (Å²) in [5, 5.41) is 0. The van der Waals surface area contributed by atoms with E-state index in [9.17, 15) is 0 Å². The predicted molar refractivity (Wildman–Crippen MR) is 81.0 cm³/mol. The molecular weight excluding hydrogens is 319 g/mol. The summed E-state index contributed by atoms with van der Waals surface area (Å²) in [5.74, 6) is 0. The summed E-state index contributed by atoms with van der Waals surface area (Å²) >= 11 is 1.95. The van der Waals surface area contributed by atoms with Crippen LogP contribution in [0, 0.1) is 0 Å². The fourth-order valence-corrected chi connectivity index (χ4v) is 12.6. The molecule has 17 heavy (non-hydrogen) atoms. The number of hydrogen-bond donors (Lipinski definition) is 0. The van der Waals surface area contributed by atoms with Crippen LogP contribution in [0.5, 0.6) is 0 Å². The van der Waals surface area contributed by atoms with Crippen LogP contribution < -0.4 is 24.9 Å². The summed E-state index contributed by atoms with van der Waals surface area (Å²) in [5.41, 5.74) is 1.42. The Morgan fingerprint density at radius 3 is 1.47 bits per heavy atom. The van der Waals surface area contributed by atoms with Crippen molar-refractivity contribution in [3.63, 3.8) is 0 Å². The van der Waals surface area contributed by atoms with E-state index >= 15 is 0 Å². The number of benzene rings is 1. The predicted octanol–water partition coefficient (Wildman–Crippen LogP) is -0.0394. The molecule has 0 atom stereocenters. The van der Waals surface area contributed by atoms with Gasteiger partial charge >= 0.3 is 115 Å². The van der Waals surface area contributed by atoms with Gasteiger partial charge in [0.05, 0.1) is 0 Å². The Hall–Kier alpha value is 0.700. The van der Waals surface area contributed by atoms with Crippen LogP contribution in [0.1, 0.15) is 0 Å². The van der Waals surface area contributed by atoms with E-state index in [4.69, 9.17) is 0 Å². The summed E-state index contributed by atoms with van der Waals surface area (Å²) in [6.45, 7) is 14.6. The number of anilines is 1. The van der Waals surface area contributed by atoms with Crippen molar-refractivity contribution in [3.05, 3.63) is 24.3 Å². The van der Waals surface area contributed by atoms with Gasteiger partial charge in [-0.2, -0.15) is 0 Å². The van der Waals surface area contributed by atoms with Gasteiger partial charge in [0.1, 0.15) is 0 Å². The van der Waals surface area contributed by atoms with Crippen LogP contribution in [0.2, 0.25) is 39.3 Å². The first kappa shape index (κ1) is 17.7. The van der Waals surface area contributed by atoms with Gasteiger partial charge < -0.3 is 17.0 Å². The topological polar surface area (TPSA) is 3.24 Å². The summed E-state index contributed by atoms with van der Waals surface area (Å²) in [4.78, 5) is 0. The van der Waals surface area contributed by atoms with E-state index in [0.717, 1.165) is 0 Å². The summed E-state index contributed by atoms with van der Waals surface area (Å²) < 4.78 is 4.12. The zero-order valence-corrected chi connectivity index (χ0v) is 16.8. The standard InChI is InChI=1S/C12H22NSi2.BrH.Mg/c1-14(2,3)13(15(4,5)6)12-10-8-7-9-11-12;;/h8-11H,1-6H3;1H;/q;;+1/p-1. The third-order valence-electron chi connectivity index (χ3n) is 2.54. The third-order valence-corrected chi connectivity index (χ3v) is 10.2. The first-order valence-corrected chi connectivity index (χ1v) is 13.4. The molecule has 0 aliphatic rings. The molecule has 1 nitrogen and oxygen atoms in total. The van der Waals surface area contributed by atoms with E-state index in [-0.39, 0.29) is 17.0 Å². The average Bonchev–Trinajstić information content (AvgIpc) is 2.03. The quantitative estimate of drug-likeness (QED) is 0.698. The van der Waals surface area contributed by atoms with E-state index in [1.54, 1.807) is 0 Å². The molecule has 92 valence electrons. The molecule has 0 spiro atoms. The molecule has 0 aliphatic heterocycles. The van der Waals surface area contributed by atoms with Gasteiger partial charge in [-0.25, -0.2) is 0 Å². The monoisotopic (exact) mass is 339 g/mol. The number of rotatable bonds is 3. The summed E-state index contributed by atoms with van der Waals surface area (Å²) in [6.07, 6.45) is 0. The van der Waals surface area contributed by atoms with Crippen molar-refractivity contribution in [3.8, 4) is 0 Å². The van der Waals surface area contributed by atoms with Gasteiger partial charge in [-0.1, -0.05) is 0 Å². The number of nitrogens with zero attached hydrogens (tertiary/aromatic N) is 1. The first-order valence-electron chi connectivity index (χ1n) is 5.85. The van der Waals surface area contributed by atoms with Crippen molar-refractivity contribution in [2.75, 3.05) is 4.23 Å². The van der Waals surface area contributed by atoms with E-state index < -0.39 is 16.5 Å².